The molecule has 0 spiro atoms. The molecule has 2 aliphatic rings. The Bertz CT molecular complexity index is 1730. The summed E-state index contributed by atoms with van der Waals surface area (Å²) in [4.78, 5) is 44.7. The maximum absolute atomic E-state index is 13.1. The average molecular weight is 638 g/mol. The number of H-pyrrole nitrogens is 1. The second-order valence-corrected chi connectivity index (χ2v) is 11.7. The van der Waals surface area contributed by atoms with Crippen LogP contribution in [-0.4, -0.2) is 82.6 Å². The van der Waals surface area contributed by atoms with E-state index in [1.165, 1.54) is 24.3 Å². The summed E-state index contributed by atoms with van der Waals surface area (Å²) in [6, 6.07) is 0.105. The van der Waals surface area contributed by atoms with Crippen molar-refractivity contribution < 1.29 is 37.1 Å². The number of anilines is 2. The Hall–Kier alpha value is -3.54. The molecule has 1 saturated carbocycles. The first-order chi connectivity index (χ1) is 20.7. The van der Waals surface area contributed by atoms with Gasteiger partial charge in [0.25, 0.3) is 5.56 Å². The van der Waals surface area contributed by atoms with Crippen molar-refractivity contribution in [2.75, 3.05) is 31.8 Å². The minimum atomic E-state index is -2.93. The van der Waals surface area contributed by atoms with Gasteiger partial charge in [-0.2, -0.15) is 4.98 Å². The Morgan fingerprint density at radius 1 is 1.05 bits per heavy atom. The van der Waals surface area contributed by atoms with Crippen molar-refractivity contribution in [2.24, 2.45) is 5.92 Å². The fourth-order valence-electron chi connectivity index (χ4n) is 5.62. The van der Waals surface area contributed by atoms with E-state index in [1.54, 1.807) is 6.33 Å². The van der Waals surface area contributed by atoms with Crippen molar-refractivity contribution in [3.63, 3.8) is 0 Å². The first-order valence-corrected chi connectivity index (χ1v) is 15.4. The van der Waals surface area contributed by atoms with E-state index >= 15 is 0 Å². The van der Waals surface area contributed by atoms with Crippen molar-refractivity contribution in [3.05, 3.63) is 29.3 Å². The molecule has 8 atom stereocenters. The molecule has 19 nitrogen and oxygen atoms in total. The molecule has 1 aliphatic carbocycles. The largest absolute Gasteiger partial charge is 0.697 e. The highest BCUT2D eigenvalue weighted by molar-refractivity contribution is 7.33. The highest BCUT2D eigenvalue weighted by atomic mass is 31.1. The second kappa shape index (κ2) is 12.2. The maximum atomic E-state index is 13.1. The Morgan fingerprint density at radius 2 is 1.84 bits per heavy atom. The van der Waals surface area contributed by atoms with Crippen molar-refractivity contribution in [1.82, 2.24) is 39.0 Å². The highest BCUT2D eigenvalue weighted by Crippen LogP contribution is 2.43. The number of hydrogen-bond acceptors (Lipinski definition) is 15. The molecule has 1 saturated heterocycles. The molecule has 0 aromatic carbocycles. The van der Waals surface area contributed by atoms with Gasteiger partial charge in [0.05, 0.1) is 12.7 Å². The van der Waals surface area contributed by atoms with Gasteiger partial charge in [-0.15, -0.1) is 18.5 Å². The molecule has 0 amide bonds. The highest BCUT2D eigenvalue weighted by Gasteiger charge is 2.53. The topological polar surface area (TPSA) is 260 Å². The van der Waals surface area contributed by atoms with E-state index in [1.807, 2.05) is 4.57 Å². The third-order valence-electron chi connectivity index (χ3n) is 7.55. The minimum absolute atomic E-state index is 0.0140. The molecule has 0 bridgehead atoms. The third-order valence-corrected chi connectivity index (χ3v) is 8.69. The number of nitrogens with one attached hydrogen (secondary N) is 1. The van der Waals surface area contributed by atoms with Gasteiger partial charge in [0.1, 0.15) is 37.3 Å². The smallest absolute Gasteiger partial charge is 0.382 e. The SMILES string of the molecule is CO[C@H]1[C@@H](O[P+](=O)OC[C@@H]2CC[C@H](n3cnc4c(N)ncnc43)C2)[C@H](n2cnc3c(=O)[nH]c(N)nc32)O[C@@H]1CO[P+](=O)O. The molecule has 4 aromatic heterocycles. The summed E-state index contributed by atoms with van der Waals surface area (Å²) in [5.74, 6) is 0.239. The summed E-state index contributed by atoms with van der Waals surface area (Å²) >= 11 is 0. The molecule has 21 heteroatoms. The fraction of sp³-hybridized carbons (Fsp3) is 0.545. The van der Waals surface area contributed by atoms with Gasteiger partial charge in [-0.1, -0.05) is 0 Å². The molecular weight excluding hydrogens is 610 g/mol. The summed E-state index contributed by atoms with van der Waals surface area (Å²) in [5.41, 5.74) is 12.3. The third kappa shape index (κ3) is 5.85. The number of methoxy groups -OCH3 is 1. The molecule has 2 fully saturated rings. The quantitative estimate of drug-likeness (QED) is 0.168. The van der Waals surface area contributed by atoms with Crippen LogP contribution in [-0.2, 0) is 32.2 Å². The van der Waals surface area contributed by atoms with E-state index < -0.39 is 46.6 Å². The van der Waals surface area contributed by atoms with Gasteiger partial charge < -0.3 is 25.5 Å². The van der Waals surface area contributed by atoms with E-state index in [4.69, 9.17) is 39.4 Å². The molecule has 5 heterocycles. The van der Waals surface area contributed by atoms with Gasteiger partial charge in [0.2, 0.25) is 5.95 Å². The van der Waals surface area contributed by atoms with Crippen molar-refractivity contribution in [3.8, 4) is 0 Å². The van der Waals surface area contributed by atoms with Crippen LogP contribution in [0.1, 0.15) is 31.5 Å². The maximum Gasteiger partial charge on any atom is 0.697 e. The molecule has 2 unspecified atom stereocenters. The van der Waals surface area contributed by atoms with Crippen molar-refractivity contribution in [1.29, 1.82) is 0 Å². The van der Waals surface area contributed by atoms with E-state index in [-0.39, 0.29) is 42.3 Å². The summed E-state index contributed by atoms with van der Waals surface area (Å²) in [6.07, 6.45) is 2.75. The molecule has 0 radical (unpaired) electrons. The van der Waals surface area contributed by atoms with Gasteiger partial charge in [0.15, 0.2) is 35.0 Å². The lowest BCUT2D eigenvalue weighted by Crippen LogP contribution is -2.36. The normalized spacial score (nSPS) is 26.5. The lowest BCUT2D eigenvalue weighted by molar-refractivity contribution is -0.0486. The Morgan fingerprint density at radius 3 is 2.63 bits per heavy atom. The number of ether oxygens (including phenoxy) is 2. The van der Waals surface area contributed by atoms with Crippen LogP contribution < -0.4 is 17.0 Å². The number of fused-ring (bicyclic) bond motifs is 2. The Labute approximate surface area is 243 Å². The summed E-state index contributed by atoms with van der Waals surface area (Å²) in [6.45, 7) is -0.186. The van der Waals surface area contributed by atoms with E-state index in [9.17, 15) is 13.9 Å². The molecule has 228 valence electrons. The molecule has 6 rings (SSSR count). The lowest BCUT2D eigenvalue weighted by atomic mass is 10.1. The number of nitrogen functional groups attached to an aromatic ring is 2. The molecule has 4 aromatic rings. The Balaban J connectivity index is 1.15. The minimum Gasteiger partial charge on any atom is -0.382 e. The monoisotopic (exact) mass is 638 g/mol. The van der Waals surface area contributed by atoms with Crippen LogP contribution in [0.15, 0.2) is 23.8 Å². The van der Waals surface area contributed by atoms with E-state index in [0.29, 0.717) is 17.0 Å². The van der Waals surface area contributed by atoms with Gasteiger partial charge >= 0.3 is 16.5 Å². The second-order valence-electron chi connectivity index (χ2n) is 10.1. The zero-order chi connectivity index (χ0) is 30.2. The van der Waals surface area contributed by atoms with Crippen molar-refractivity contribution >= 4 is 50.6 Å². The van der Waals surface area contributed by atoms with Crippen LogP contribution in [0.25, 0.3) is 22.3 Å². The van der Waals surface area contributed by atoms with Crippen LogP contribution >= 0.6 is 16.5 Å². The summed E-state index contributed by atoms with van der Waals surface area (Å²) in [7, 11) is -4.25. The number of nitrogens with zero attached hydrogens (tertiary/aromatic N) is 7. The van der Waals surface area contributed by atoms with Crippen molar-refractivity contribution in [2.45, 2.75) is 49.8 Å². The standard InChI is InChI=1S/C22H26N10O9P2/c1-37-15-12(6-38-42(34)35)40-21(32-9-28-14-19(32)29-22(24)30-20(14)33)16(15)41-43(36)39-5-10-2-3-11(4-10)31-8-27-13-17(23)25-7-26-18(13)31/h7-12,15-16,21H,2-6H2,1H3,(H4-2,23,24,25,26,29,30,33,34,35)/p+2/t10-,11+,12-,15-,16-,21-/m1/s1. The molecule has 1 aliphatic heterocycles. The molecule has 43 heavy (non-hydrogen) atoms. The number of rotatable bonds is 11. The number of aromatic nitrogens is 8. The van der Waals surface area contributed by atoms with Gasteiger partial charge in [-0.25, -0.2) is 19.9 Å². The van der Waals surface area contributed by atoms with E-state index in [0.717, 1.165) is 19.3 Å². The number of aromatic amines is 1. The van der Waals surface area contributed by atoms with Gasteiger partial charge in [0, 0.05) is 22.3 Å². The zero-order valence-corrected chi connectivity index (χ0v) is 24.4. The number of imidazole rings is 2. The summed E-state index contributed by atoms with van der Waals surface area (Å²) in [5, 5.41) is 0. The van der Waals surface area contributed by atoms with Crippen LogP contribution in [0.2, 0.25) is 0 Å². The van der Waals surface area contributed by atoms with Crippen LogP contribution in [0.5, 0.6) is 0 Å². The van der Waals surface area contributed by atoms with E-state index in [2.05, 4.69) is 29.9 Å². The number of nitrogens with two attached hydrogens (primary N) is 2. The first-order valence-electron chi connectivity index (χ1n) is 13.1. The summed E-state index contributed by atoms with van der Waals surface area (Å²) < 4.78 is 55.6. The first kappa shape index (κ1) is 29.5. The van der Waals surface area contributed by atoms with Gasteiger partial charge in [-0.05, 0) is 25.2 Å². The molecule has 6 N–H and O–H groups in total. The zero-order valence-electron chi connectivity index (χ0n) is 22.6. The lowest BCUT2D eigenvalue weighted by Gasteiger charge is -2.18. The average Bonchev–Trinajstić information content (AvgIpc) is 3.75. The predicted octanol–water partition coefficient (Wildman–Crippen LogP) is 1.10. The van der Waals surface area contributed by atoms with Crippen LogP contribution in [0.4, 0.5) is 11.8 Å². The van der Waals surface area contributed by atoms with Crippen LogP contribution in [0, 0.1) is 5.92 Å². The molecular formula is C22H28N10O9P2+2. The van der Waals surface area contributed by atoms with Crippen LogP contribution in [0.3, 0.4) is 0 Å². The Kier molecular flexibility index (Phi) is 8.39. The fourth-order valence-corrected chi connectivity index (χ4v) is 6.71. The van der Waals surface area contributed by atoms with Gasteiger partial charge in [-0.3, -0.25) is 14.3 Å². The predicted molar refractivity (Wildman–Crippen MR) is 148 cm³/mol. The number of hydrogen-bond donors (Lipinski definition) is 4.